The van der Waals surface area contributed by atoms with Crippen LogP contribution in [0.15, 0.2) is 76.1 Å². The highest BCUT2D eigenvalue weighted by Crippen LogP contribution is 2.32. The monoisotopic (exact) mass is 495 g/mol. The Labute approximate surface area is 204 Å². The molecule has 2 heterocycles. The van der Waals surface area contributed by atoms with E-state index >= 15 is 0 Å². The second-order valence-electron chi connectivity index (χ2n) is 8.97. The third-order valence-corrected chi connectivity index (χ3v) is 6.56. The predicted molar refractivity (Wildman–Crippen MR) is 128 cm³/mol. The van der Waals surface area contributed by atoms with Gasteiger partial charge in [0.2, 0.25) is 5.91 Å². The van der Waals surface area contributed by atoms with Crippen molar-refractivity contribution in [3.05, 3.63) is 88.4 Å². The Morgan fingerprint density at radius 2 is 1.72 bits per heavy atom. The molecule has 36 heavy (non-hydrogen) atoms. The van der Waals surface area contributed by atoms with Crippen molar-refractivity contribution in [1.29, 1.82) is 0 Å². The standard InChI is InChI=1S/C27H24F3N3O3/c28-27(29,30)18-14-12-17(13-15-18)24(25(34)31-19-7-2-1-3-8-19)33-21-10-5-4-9-20(21)32-23(26(33)35)22-11-6-16-36-22/h4-6,9-16,19,24H,1-3,7-8H2,(H,31,34). The maximum atomic E-state index is 13.8. The van der Waals surface area contributed by atoms with Crippen molar-refractivity contribution in [2.24, 2.45) is 0 Å². The molecule has 1 unspecified atom stereocenters. The number of nitrogens with zero attached hydrogens (tertiary/aromatic N) is 2. The largest absolute Gasteiger partial charge is 0.463 e. The average Bonchev–Trinajstić information content (AvgIpc) is 3.40. The van der Waals surface area contributed by atoms with Gasteiger partial charge in [-0.2, -0.15) is 13.2 Å². The summed E-state index contributed by atoms with van der Waals surface area (Å²) >= 11 is 0. The molecule has 186 valence electrons. The van der Waals surface area contributed by atoms with E-state index in [0.717, 1.165) is 44.2 Å². The van der Waals surface area contributed by atoms with Crippen LogP contribution in [0.25, 0.3) is 22.5 Å². The van der Waals surface area contributed by atoms with Gasteiger partial charge in [-0.3, -0.25) is 14.2 Å². The maximum Gasteiger partial charge on any atom is 0.416 e. The fourth-order valence-corrected chi connectivity index (χ4v) is 4.78. The van der Waals surface area contributed by atoms with Gasteiger partial charge in [-0.25, -0.2) is 4.98 Å². The van der Waals surface area contributed by atoms with E-state index in [2.05, 4.69) is 10.3 Å². The first-order chi connectivity index (χ1) is 17.3. The van der Waals surface area contributed by atoms with Gasteiger partial charge in [0.25, 0.3) is 5.56 Å². The summed E-state index contributed by atoms with van der Waals surface area (Å²) in [6.07, 6.45) is 1.58. The molecule has 1 amide bonds. The first-order valence-corrected chi connectivity index (χ1v) is 11.9. The molecule has 4 aromatic rings. The number of fused-ring (bicyclic) bond motifs is 1. The zero-order valence-corrected chi connectivity index (χ0v) is 19.3. The van der Waals surface area contributed by atoms with Gasteiger partial charge < -0.3 is 9.73 Å². The molecule has 6 nitrogen and oxygen atoms in total. The highest BCUT2D eigenvalue weighted by Gasteiger charge is 2.33. The smallest absolute Gasteiger partial charge is 0.416 e. The van der Waals surface area contributed by atoms with E-state index in [1.165, 1.54) is 23.0 Å². The molecule has 0 aliphatic heterocycles. The summed E-state index contributed by atoms with van der Waals surface area (Å²) in [7, 11) is 0. The molecule has 1 aliphatic rings. The lowest BCUT2D eigenvalue weighted by Crippen LogP contribution is -2.43. The lowest BCUT2D eigenvalue weighted by atomic mass is 9.94. The number of halogens is 3. The van der Waals surface area contributed by atoms with Crippen LogP contribution in [-0.2, 0) is 11.0 Å². The number of amides is 1. The molecule has 2 aromatic carbocycles. The van der Waals surface area contributed by atoms with E-state index < -0.39 is 29.2 Å². The summed E-state index contributed by atoms with van der Waals surface area (Å²) < 4.78 is 46.5. The summed E-state index contributed by atoms with van der Waals surface area (Å²) in [6, 6.07) is 13.2. The van der Waals surface area contributed by atoms with Gasteiger partial charge in [-0.15, -0.1) is 0 Å². The fourth-order valence-electron chi connectivity index (χ4n) is 4.78. The van der Waals surface area contributed by atoms with Gasteiger partial charge in [0.15, 0.2) is 11.5 Å². The Morgan fingerprint density at radius 1 is 1.00 bits per heavy atom. The van der Waals surface area contributed by atoms with Crippen molar-refractivity contribution < 1.29 is 22.4 Å². The Balaban J connectivity index is 1.70. The second kappa shape index (κ2) is 9.64. The lowest BCUT2D eigenvalue weighted by Gasteiger charge is -2.27. The normalized spacial score (nSPS) is 15.6. The van der Waals surface area contributed by atoms with Crippen LogP contribution in [-0.4, -0.2) is 21.5 Å². The third-order valence-electron chi connectivity index (χ3n) is 6.56. The molecule has 5 rings (SSSR count). The number of nitrogens with one attached hydrogen (secondary N) is 1. The minimum Gasteiger partial charge on any atom is -0.463 e. The molecule has 2 aromatic heterocycles. The van der Waals surface area contributed by atoms with E-state index in [1.807, 2.05) is 0 Å². The molecule has 0 saturated heterocycles. The van der Waals surface area contributed by atoms with E-state index in [4.69, 9.17) is 4.42 Å². The Morgan fingerprint density at radius 3 is 2.39 bits per heavy atom. The van der Waals surface area contributed by atoms with Crippen LogP contribution in [0.2, 0.25) is 0 Å². The van der Waals surface area contributed by atoms with Crippen LogP contribution in [0.4, 0.5) is 13.2 Å². The average molecular weight is 496 g/mol. The first-order valence-electron chi connectivity index (χ1n) is 11.9. The zero-order valence-electron chi connectivity index (χ0n) is 19.3. The van der Waals surface area contributed by atoms with E-state index in [-0.39, 0.29) is 23.1 Å². The summed E-state index contributed by atoms with van der Waals surface area (Å²) in [6.45, 7) is 0. The molecular formula is C27H24F3N3O3. The van der Waals surface area contributed by atoms with E-state index in [9.17, 15) is 22.8 Å². The predicted octanol–water partition coefficient (Wildman–Crippen LogP) is 5.71. The van der Waals surface area contributed by atoms with Crippen LogP contribution >= 0.6 is 0 Å². The van der Waals surface area contributed by atoms with E-state index in [0.29, 0.717) is 11.0 Å². The van der Waals surface area contributed by atoms with Crippen molar-refractivity contribution in [3.8, 4) is 11.5 Å². The van der Waals surface area contributed by atoms with Gasteiger partial charge in [0.05, 0.1) is 22.9 Å². The van der Waals surface area contributed by atoms with Gasteiger partial charge in [-0.1, -0.05) is 43.5 Å². The Hall–Kier alpha value is -3.88. The molecule has 0 bridgehead atoms. The highest BCUT2D eigenvalue weighted by molar-refractivity contribution is 5.87. The topological polar surface area (TPSA) is 77.1 Å². The number of furan rings is 1. The number of carbonyl (C=O) groups excluding carboxylic acids is 1. The minimum absolute atomic E-state index is 0.0149. The maximum absolute atomic E-state index is 13.8. The van der Waals surface area contributed by atoms with Crippen LogP contribution in [0.1, 0.15) is 49.3 Å². The van der Waals surface area contributed by atoms with Crippen molar-refractivity contribution in [3.63, 3.8) is 0 Å². The third kappa shape index (κ3) is 4.65. The number of hydrogen-bond acceptors (Lipinski definition) is 4. The molecule has 1 aliphatic carbocycles. The van der Waals surface area contributed by atoms with Crippen LogP contribution in [0.3, 0.4) is 0 Å². The van der Waals surface area contributed by atoms with Crippen LogP contribution in [0.5, 0.6) is 0 Å². The summed E-state index contributed by atoms with van der Waals surface area (Å²) in [5.41, 5.74) is -0.290. The first kappa shape index (κ1) is 23.8. The number of rotatable bonds is 5. The Kier molecular flexibility index (Phi) is 6.38. The Bertz CT molecular complexity index is 1420. The molecule has 9 heteroatoms. The number of para-hydroxylation sites is 2. The molecule has 1 N–H and O–H groups in total. The van der Waals surface area contributed by atoms with E-state index in [1.54, 1.807) is 36.4 Å². The van der Waals surface area contributed by atoms with Crippen molar-refractivity contribution >= 4 is 16.9 Å². The van der Waals surface area contributed by atoms with Crippen LogP contribution < -0.4 is 10.9 Å². The molecular weight excluding hydrogens is 471 g/mol. The summed E-state index contributed by atoms with van der Waals surface area (Å²) in [5, 5.41) is 3.04. The molecule has 1 atom stereocenters. The fraction of sp³-hybridized carbons (Fsp3) is 0.296. The number of benzene rings is 2. The lowest BCUT2D eigenvalue weighted by molar-refractivity contribution is -0.137. The quantitative estimate of drug-likeness (QED) is 0.385. The van der Waals surface area contributed by atoms with Crippen molar-refractivity contribution in [2.75, 3.05) is 0 Å². The summed E-state index contributed by atoms with van der Waals surface area (Å²) in [4.78, 5) is 32.0. The van der Waals surface area contributed by atoms with Gasteiger partial charge in [0, 0.05) is 6.04 Å². The number of hydrogen-bond donors (Lipinski definition) is 1. The van der Waals surface area contributed by atoms with Gasteiger partial charge in [-0.05, 0) is 54.8 Å². The summed E-state index contributed by atoms with van der Waals surface area (Å²) in [5.74, 6) is -0.219. The zero-order chi connectivity index (χ0) is 25.3. The molecule has 1 fully saturated rings. The minimum atomic E-state index is -4.52. The van der Waals surface area contributed by atoms with Crippen LogP contribution in [0, 0.1) is 0 Å². The van der Waals surface area contributed by atoms with Crippen molar-refractivity contribution in [2.45, 2.75) is 50.4 Å². The highest BCUT2D eigenvalue weighted by atomic mass is 19.4. The van der Waals surface area contributed by atoms with Gasteiger partial charge in [0.1, 0.15) is 6.04 Å². The van der Waals surface area contributed by atoms with Gasteiger partial charge >= 0.3 is 6.18 Å². The molecule has 0 spiro atoms. The molecule has 1 saturated carbocycles. The number of carbonyl (C=O) groups is 1. The van der Waals surface area contributed by atoms with Crippen molar-refractivity contribution in [1.82, 2.24) is 14.9 Å². The second-order valence-corrected chi connectivity index (χ2v) is 8.97. The molecule has 0 radical (unpaired) electrons. The number of alkyl halides is 3. The number of aromatic nitrogens is 2. The SMILES string of the molecule is O=C(NC1CCCCC1)C(c1ccc(C(F)(F)F)cc1)n1c(=O)c(-c2ccco2)nc2ccccc21.